The summed E-state index contributed by atoms with van der Waals surface area (Å²) in [6.45, 7) is 5.02. The van der Waals surface area contributed by atoms with Crippen molar-refractivity contribution in [2.75, 3.05) is 26.2 Å². The molecule has 3 rings (SSSR count). The maximum atomic E-state index is 13.7. The Kier molecular flexibility index (Phi) is 4.60. The van der Waals surface area contributed by atoms with Crippen LogP contribution in [0.4, 0.5) is 4.39 Å². The van der Waals surface area contributed by atoms with Gasteiger partial charge in [0.25, 0.3) is 0 Å². The highest BCUT2D eigenvalue weighted by atomic mass is 19.1. The zero-order chi connectivity index (χ0) is 16.4. The summed E-state index contributed by atoms with van der Waals surface area (Å²) in [5.41, 5.74) is 0.905. The van der Waals surface area contributed by atoms with E-state index in [1.807, 2.05) is 11.0 Å². The van der Waals surface area contributed by atoms with Crippen LogP contribution in [0.2, 0.25) is 0 Å². The van der Waals surface area contributed by atoms with Gasteiger partial charge in [0.1, 0.15) is 11.9 Å². The topological polar surface area (TPSA) is 56.6 Å². The van der Waals surface area contributed by atoms with E-state index in [-0.39, 0.29) is 23.6 Å². The van der Waals surface area contributed by atoms with Gasteiger partial charge in [-0.15, -0.1) is 0 Å². The fourth-order valence-corrected chi connectivity index (χ4v) is 3.48. The molecule has 0 bridgehead atoms. The maximum Gasteiger partial charge on any atom is 0.219 e. The summed E-state index contributed by atoms with van der Waals surface area (Å²) in [4.78, 5) is 15.9. The predicted octanol–water partition coefficient (Wildman–Crippen LogP) is 1.52. The Bertz CT molecular complexity index is 643. The molecule has 0 spiro atoms. The smallest absolute Gasteiger partial charge is 0.219 e. The summed E-state index contributed by atoms with van der Waals surface area (Å²) in [6.07, 6.45) is 0.967. The van der Waals surface area contributed by atoms with E-state index >= 15 is 0 Å². The number of carbonyl (C=O) groups excluding carboxylic acids is 1. The lowest BCUT2D eigenvalue weighted by molar-refractivity contribution is -0.150. The van der Waals surface area contributed by atoms with Crippen LogP contribution < -0.4 is 0 Å². The molecule has 2 aliphatic heterocycles. The molecule has 122 valence electrons. The minimum absolute atomic E-state index is 0.0656. The lowest BCUT2D eigenvalue weighted by atomic mass is 9.98. The van der Waals surface area contributed by atoms with Crippen molar-refractivity contribution in [3.63, 3.8) is 0 Å². The molecule has 0 aliphatic carbocycles. The van der Waals surface area contributed by atoms with Crippen LogP contribution in [0.1, 0.15) is 24.5 Å². The number of piperidine rings is 1. The van der Waals surface area contributed by atoms with Gasteiger partial charge in [0.2, 0.25) is 5.91 Å². The first-order chi connectivity index (χ1) is 11.1. The molecule has 2 saturated heterocycles. The summed E-state index contributed by atoms with van der Waals surface area (Å²) in [5.74, 6) is -0.402. The van der Waals surface area contributed by atoms with Crippen LogP contribution in [-0.4, -0.2) is 54.1 Å². The molecule has 1 aromatic rings. The second-order valence-electron chi connectivity index (χ2n) is 6.14. The molecule has 6 heteroatoms. The van der Waals surface area contributed by atoms with Gasteiger partial charge >= 0.3 is 0 Å². The van der Waals surface area contributed by atoms with Crippen LogP contribution in [0.3, 0.4) is 0 Å². The number of ether oxygens (including phenoxy) is 1. The average molecular weight is 317 g/mol. The molecule has 0 saturated carbocycles. The van der Waals surface area contributed by atoms with Crippen LogP contribution in [0.25, 0.3) is 0 Å². The Morgan fingerprint density at radius 1 is 1.48 bits per heavy atom. The van der Waals surface area contributed by atoms with Crippen LogP contribution in [0.15, 0.2) is 18.2 Å². The molecule has 1 amide bonds. The largest absolute Gasteiger partial charge is 0.374 e. The summed E-state index contributed by atoms with van der Waals surface area (Å²) >= 11 is 0. The zero-order valence-electron chi connectivity index (χ0n) is 13.2. The van der Waals surface area contributed by atoms with E-state index in [0.717, 1.165) is 25.1 Å². The number of hydrogen-bond donors (Lipinski definition) is 0. The first-order valence-electron chi connectivity index (χ1n) is 7.88. The molecular weight excluding hydrogens is 297 g/mol. The van der Waals surface area contributed by atoms with Gasteiger partial charge in [-0.2, -0.15) is 5.26 Å². The second kappa shape index (κ2) is 6.65. The van der Waals surface area contributed by atoms with Crippen LogP contribution in [0, 0.1) is 17.1 Å². The maximum absolute atomic E-state index is 13.7. The third-order valence-corrected chi connectivity index (χ3v) is 4.63. The van der Waals surface area contributed by atoms with E-state index in [0.29, 0.717) is 19.7 Å². The van der Waals surface area contributed by atoms with Crippen molar-refractivity contribution in [1.82, 2.24) is 9.80 Å². The Balaban J connectivity index is 1.69. The van der Waals surface area contributed by atoms with Gasteiger partial charge < -0.3 is 9.64 Å². The highest BCUT2D eigenvalue weighted by molar-refractivity contribution is 5.73. The van der Waals surface area contributed by atoms with Gasteiger partial charge in [0.15, 0.2) is 0 Å². The van der Waals surface area contributed by atoms with E-state index in [4.69, 9.17) is 10.00 Å². The van der Waals surface area contributed by atoms with Crippen LogP contribution in [0.5, 0.6) is 0 Å². The van der Waals surface area contributed by atoms with Crippen molar-refractivity contribution in [1.29, 1.82) is 5.26 Å². The number of fused-ring (bicyclic) bond motifs is 1. The molecule has 1 aromatic carbocycles. The summed E-state index contributed by atoms with van der Waals surface area (Å²) in [7, 11) is 0. The molecule has 2 atom stereocenters. The van der Waals surface area contributed by atoms with Crippen molar-refractivity contribution >= 4 is 5.91 Å². The molecule has 23 heavy (non-hydrogen) atoms. The lowest BCUT2D eigenvalue weighted by Crippen LogP contribution is -2.60. The molecule has 2 heterocycles. The molecule has 0 N–H and O–H groups in total. The van der Waals surface area contributed by atoms with E-state index in [9.17, 15) is 9.18 Å². The number of carbonyl (C=O) groups is 1. The molecule has 2 fully saturated rings. The minimum Gasteiger partial charge on any atom is -0.374 e. The lowest BCUT2D eigenvalue weighted by Gasteiger charge is -2.46. The first kappa shape index (κ1) is 15.9. The molecule has 5 nitrogen and oxygen atoms in total. The third-order valence-electron chi connectivity index (χ3n) is 4.63. The van der Waals surface area contributed by atoms with E-state index < -0.39 is 5.82 Å². The number of likely N-dealkylation sites (tertiary alicyclic amines) is 1. The van der Waals surface area contributed by atoms with Gasteiger partial charge in [0.05, 0.1) is 24.3 Å². The summed E-state index contributed by atoms with van der Waals surface area (Å²) < 4.78 is 19.5. The predicted molar refractivity (Wildman–Crippen MR) is 81.9 cm³/mol. The van der Waals surface area contributed by atoms with Gasteiger partial charge in [0, 0.05) is 33.1 Å². The Morgan fingerprint density at radius 2 is 2.30 bits per heavy atom. The SMILES string of the molecule is CC(=O)N1CCOC2CCN(Cc3ccc(C#N)c(F)c3)CC21. The van der Waals surface area contributed by atoms with Crippen molar-refractivity contribution in [3.05, 3.63) is 35.1 Å². The molecule has 0 radical (unpaired) electrons. The summed E-state index contributed by atoms with van der Waals surface area (Å²) in [6, 6.07) is 6.62. The number of rotatable bonds is 2. The standard InChI is InChI=1S/C17H20FN3O2/c1-12(22)21-6-7-23-17-4-5-20(11-16(17)21)10-13-2-3-14(9-19)15(18)8-13/h2-3,8,16-17H,4-7,10-11H2,1H3. The van der Waals surface area contributed by atoms with Crippen LogP contribution >= 0.6 is 0 Å². The zero-order valence-corrected chi connectivity index (χ0v) is 13.2. The normalized spacial score (nSPS) is 24.8. The number of hydrogen-bond acceptors (Lipinski definition) is 4. The fourth-order valence-electron chi connectivity index (χ4n) is 3.48. The van der Waals surface area contributed by atoms with Crippen molar-refractivity contribution < 1.29 is 13.9 Å². The van der Waals surface area contributed by atoms with Crippen LogP contribution in [-0.2, 0) is 16.1 Å². The third kappa shape index (κ3) is 3.36. The van der Waals surface area contributed by atoms with Crippen molar-refractivity contribution in [2.24, 2.45) is 0 Å². The Morgan fingerprint density at radius 3 is 3.00 bits per heavy atom. The fraction of sp³-hybridized carbons (Fsp3) is 0.529. The minimum atomic E-state index is -0.480. The molecule has 2 aliphatic rings. The Hall–Kier alpha value is -1.97. The number of benzene rings is 1. The van der Waals surface area contributed by atoms with Crippen molar-refractivity contribution in [3.8, 4) is 6.07 Å². The highest BCUT2D eigenvalue weighted by Gasteiger charge is 2.38. The van der Waals surface area contributed by atoms with Gasteiger partial charge in [-0.3, -0.25) is 9.69 Å². The highest BCUT2D eigenvalue weighted by Crippen LogP contribution is 2.24. The monoisotopic (exact) mass is 317 g/mol. The summed E-state index contributed by atoms with van der Waals surface area (Å²) in [5, 5.41) is 8.79. The van der Waals surface area contributed by atoms with Gasteiger partial charge in [-0.1, -0.05) is 6.07 Å². The average Bonchev–Trinajstić information content (AvgIpc) is 2.54. The molecular formula is C17H20FN3O2. The first-order valence-corrected chi connectivity index (χ1v) is 7.88. The molecule has 2 unspecified atom stereocenters. The number of halogens is 1. The quantitative estimate of drug-likeness (QED) is 0.830. The van der Waals surface area contributed by atoms with Crippen molar-refractivity contribution in [2.45, 2.75) is 32.0 Å². The van der Waals surface area contributed by atoms with E-state index in [2.05, 4.69) is 4.90 Å². The second-order valence-corrected chi connectivity index (χ2v) is 6.14. The number of amides is 1. The number of morpholine rings is 1. The van der Waals surface area contributed by atoms with E-state index in [1.54, 1.807) is 13.0 Å². The van der Waals surface area contributed by atoms with E-state index in [1.165, 1.54) is 12.1 Å². The number of nitriles is 1. The van der Waals surface area contributed by atoms with Gasteiger partial charge in [-0.25, -0.2) is 4.39 Å². The number of nitrogens with zero attached hydrogens (tertiary/aromatic N) is 3. The Labute approximate surface area is 135 Å². The molecule has 0 aromatic heterocycles. The van der Waals surface area contributed by atoms with Gasteiger partial charge in [-0.05, 0) is 24.1 Å².